The van der Waals surface area contributed by atoms with Gasteiger partial charge in [-0.25, -0.2) is 0 Å². The normalized spacial score (nSPS) is 10.5. The van der Waals surface area contributed by atoms with E-state index in [1.54, 1.807) is 6.07 Å². The standard InChI is InChI=1S/C10H10BrClO/c1-6(2)9-5-7(11)3-4-8(9)10(12)13/h3-6H,1-2H3. The Morgan fingerprint density at radius 3 is 2.54 bits per heavy atom. The number of carbonyl (C=O) groups is 1. The highest BCUT2D eigenvalue weighted by Crippen LogP contribution is 2.24. The van der Waals surface area contributed by atoms with Gasteiger partial charge >= 0.3 is 0 Å². The molecule has 0 heterocycles. The molecule has 1 rings (SSSR count). The van der Waals surface area contributed by atoms with Crippen LogP contribution in [0.2, 0.25) is 0 Å². The fourth-order valence-corrected chi connectivity index (χ4v) is 1.74. The Morgan fingerprint density at radius 2 is 2.08 bits per heavy atom. The van der Waals surface area contributed by atoms with Gasteiger partial charge in [-0.05, 0) is 41.3 Å². The van der Waals surface area contributed by atoms with Crippen LogP contribution in [0.5, 0.6) is 0 Å². The predicted molar refractivity (Wildman–Crippen MR) is 58.4 cm³/mol. The highest BCUT2D eigenvalue weighted by molar-refractivity contribution is 9.10. The van der Waals surface area contributed by atoms with Crippen molar-refractivity contribution in [1.29, 1.82) is 0 Å². The van der Waals surface area contributed by atoms with Gasteiger partial charge in [0.2, 0.25) is 0 Å². The van der Waals surface area contributed by atoms with Crippen LogP contribution in [0.4, 0.5) is 0 Å². The van der Waals surface area contributed by atoms with E-state index < -0.39 is 5.24 Å². The number of carbonyl (C=O) groups excluding carboxylic acids is 1. The molecule has 0 bridgehead atoms. The van der Waals surface area contributed by atoms with E-state index in [0.29, 0.717) is 11.5 Å². The van der Waals surface area contributed by atoms with Crippen LogP contribution in [0.25, 0.3) is 0 Å². The van der Waals surface area contributed by atoms with Gasteiger partial charge in [0, 0.05) is 10.0 Å². The van der Waals surface area contributed by atoms with Crippen LogP contribution in [-0.4, -0.2) is 5.24 Å². The third kappa shape index (κ3) is 2.55. The van der Waals surface area contributed by atoms with E-state index in [4.69, 9.17) is 11.6 Å². The van der Waals surface area contributed by atoms with E-state index in [2.05, 4.69) is 15.9 Å². The lowest BCUT2D eigenvalue weighted by molar-refractivity contribution is 0.108. The van der Waals surface area contributed by atoms with Crippen molar-refractivity contribution >= 4 is 32.8 Å². The second kappa shape index (κ2) is 4.25. The Hall–Kier alpha value is -0.340. The molecule has 0 amide bonds. The number of halogens is 2. The summed E-state index contributed by atoms with van der Waals surface area (Å²) in [7, 11) is 0. The number of rotatable bonds is 2. The first-order chi connectivity index (χ1) is 6.02. The quantitative estimate of drug-likeness (QED) is 0.737. The van der Waals surface area contributed by atoms with Crippen LogP contribution < -0.4 is 0 Å². The van der Waals surface area contributed by atoms with Gasteiger partial charge in [-0.15, -0.1) is 0 Å². The summed E-state index contributed by atoms with van der Waals surface area (Å²) in [6.07, 6.45) is 0. The molecule has 70 valence electrons. The molecule has 0 radical (unpaired) electrons. The average Bonchev–Trinajstić information content (AvgIpc) is 2.03. The van der Waals surface area contributed by atoms with Crippen LogP contribution in [-0.2, 0) is 0 Å². The zero-order valence-corrected chi connectivity index (χ0v) is 9.82. The van der Waals surface area contributed by atoms with Crippen molar-refractivity contribution in [2.75, 3.05) is 0 Å². The lowest BCUT2D eigenvalue weighted by Gasteiger charge is -2.09. The number of benzene rings is 1. The third-order valence-corrected chi connectivity index (χ3v) is 2.54. The molecule has 13 heavy (non-hydrogen) atoms. The first-order valence-electron chi connectivity index (χ1n) is 4.01. The summed E-state index contributed by atoms with van der Waals surface area (Å²) >= 11 is 8.81. The molecule has 1 aromatic rings. The molecule has 3 heteroatoms. The molecular formula is C10H10BrClO. The minimum Gasteiger partial charge on any atom is -0.276 e. The van der Waals surface area contributed by atoms with E-state index in [0.717, 1.165) is 10.0 Å². The zero-order valence-electron chi connectivity index (χ0n) is 7.47. The predicted octanol–water partition coefficient (Wildman–Crippen LogP) is 3.95. The summed E-state index contributed by atoms with van der Waals surface area (Å²) in [6, 6.07) is 5.50. The topological polar surface area (TPSA) is 17.1 Å². The van der Waals surface area contributed by atoms with Crippen molar-refractivity contribution in [2.24, 2.45) is 0 Å². The van der Waals surface area contributed by atoms with Crippen molar-refractivity contribution < 1.29 is 4.79 Å². The maximum absolute atomic E-state index is 11.0. The maximum Gasteiger partial charge on any atom is 0.252 e. The first kappa shape index (κ1) is 10.7. The van der Waals surface area contributed by atoms with E-state index >= 15 is 0 Å². The Morgan fingerprint density at radius 1 is 1.46 bits per heavy atom. The smallest absolute Gasteiger partial charge is 0.252 e. The minimum atomic E-state index is -0.392. The van der Waals surface area contributed by atoms with Crippen LogP contribution in [0.15, 0.2) is 22.7 Å². The van der Waals surface area contributed by atoms with Gasteiger partial charge in [-0.1, -0.05) is 29.8 Å². The van der Waals surface area contributed by atoms with Gasteiger partial charge in [0.25, 0.3) is 5.24 Å². The highest BCUT2D eigenvalue weighted by atomic mass is 79.9. The van der Waals surface area contributed by atoms with Crippen molar-refractivity contribution in [2.45, 2.75) is 19.8 Å². The fraction of sp³-hybridized carbons (Fsp3) is 0.300. The Labute approximate surface area is 91.2 Å². The van der Waals surface area contributed by atoms with E-state index in [9.17, 15) is 4.79 Å². The van der Waals surface area contributed by atoms with Crippen LogP contribution in [0.3, 0.4) is 0 Å². The number of hydrogen-bond donors (Lipinski definition) is 0. The van der Waals surface area contributed by atoms with Gasteiger partial charge in [0.05, 0.1) is 0 Å². The van der Waals surface area contributed by atoms with E-state index in [1.165, 1.54) is 0 Å². The van der Waals surface area contributed by atoms with Gasteiger partial charge in [-0.2, -0.15) is 0 Å². The van der Waals surface area contributed by atoms with Crippen molar-refractivity contribution in [1.82, 2.24) is 0 Å². The molecule has 1 nitrogen and oxygen atoms in total. The largest absolute Gasteiger partial charge is 0.276 e. The molecule has 0 aliphatic rings. The van der Waals surface area contributed by atoms with E-state index in [-0.39, 0.29) is 0 Å². The van der Waals surface area contributed by atoms with Crippen molar-refractivity contribution in [3.63, 3.8) is 0 Å². The summed E-state index contributed by atoms with van der Waals surface area (Å²) in [4.78, 5) is 11.0. The monoisotopic (exact) mass is 260 g/mol. The summed E-state index contributed by atoms with van der Waals surface area (Å²) < 4.78 is 0.970. The van der Waals surface area contributed by atoms with Crippen LogP contribution in [0.1, 0.15) is 35.7 Å². The van der Waals surface area contributed by atoms with Crippen LogP contribution in [0, 0.1) is 0 Å². The van der Waals surface area contributed by atoms with Gasteiger partial charge < -0.3 is 0 Å². The van der Waals surface area contributed by atoms with Gasteiger partial charge in [0.15, 0.2) is 0 Å². The molecule has 0 aromatic heterocycles. The molecule has 0 N–H and O–H groups in total. The molecule has 0 saturated carbocycles. The summed E-state index contributed by atoms with van der Waals surface area (Å²) in [5.41, 5.74) is 1.58. The van der Waals surface area contributed by atoms with E-state index in [1.807, 2.05) is 26.0 Å². The summed E-state index contributed by atoms with van der Waals surface area (Å²) in [6.45, 7) is 4.07. The van der Waals surface area contributed by atoms with Crippen LogP contribution >= 0.6 is 27.5 Å². The number of hydrogen-bond acceptors (Lipinski definition) is 1. The third-order valence-electron chi connectivity index (χ3n) is 1.85. The second-order valence-electron chi connectivity index (χ2n) is 3.16. The minimum absolute atomic E-state index is 0.301. The van der Waals surface area contributed by atoms with Gasteiger partial charge in [0.1, 0.15) is 0 Å². The fourth-order valence-electron chi connectivity index (χ4n) is 1.19. The Kier molecular flexibility index (Phi) is 3.51. The summed E-state index contributed by atoms with van der Waals surface area (Å²) in [5.74, 6) is 0.301. The lowest BCUT2D eigenvalue weighted by Crippen LogP contribution is -1.99. The van der Waals surface area contributed by atoms with Gasteiger partial charge in [-0.3, -0.25) is 4.79 Å². The highest BCUT2D eigenvalue weighted by Gasteiger charge is 2.11. The molecule has 0 aliphatic carbocycles. The molecule has 0 spiro atoms. The second-order valence-corrected chi connectivity index (χ2v) is 4.42. The maximum atomic E-state index is 11.0. The molecule has 0 unspecified atom stereocenters. The Bertz CT molecular complexity index is 334. The molecule has 0 aliphatic heterocycles. The Balaban J connectivity index is 3.26. The molecule has 0 fully saturated rings. The van der Waals surface area contributed by atoms with Crippen molar-refractivity contribution in [3.8, 4) is 0 Å². The van der Waals surface area contributed by atoms with Crippen molar-refractivity contribution in [3.05, 3.63) is 33.8 Å². The lowest BCUT2D eigenvalue weighted by atomic mass is 9.98. The average molecular weight is 262 g/mol. The molecule has 1 aromatic carbocycles. The molecular weight excluding hydrogens is 251 g/mol. The molecule has 0 saturated heterocycles. The first-order valence-corrected chi connectivity index (χ1v) is 5.18. The zero-order chi connectivity index (χ0) is 10.0. The molecule has 0 atom stereocenters. The summed E-state index contributed by atoms with van der Waals surface area (Å²) in [5, 5.41) is -0.392. The SMILES string of the molecule is CC(C)c1cc(Br)ccc1C(=O)Cl.